The number of hydrogen-bond acceptors (Lipinski definition) is 3. The van der Waals surface area contributed by atoms with Crippen molar-refractivity contribution in [2.45, 2.75) is 20.8 Å². The van der Waals surface area contributed by atoms with Gasteiger partial charge in [0, 0.05) is 31.9 Å². The molecule has 0 saturated carbocycles. The van der Waals surface area contributed by atoms with Crippen molar-refractivity contribution in [2.75, 3.05) is 31.1 Å². The second-order valence-corrected chi connectivity index (χ2v) is 5.86. The topological polar surface area (TPSA) is 47.3 Å². The fraction of sp³-hybridized carbons (Fsp3) is 0.500. The first-order valence-electron chi connectivity index (χ1n) is 6.96. The van der Waals surface area contributed by atoms with Crippen molar-refractivity contribution in [1.82, 2.24) is 4.90 Å². The quantitative estimate of drug-likeness (QED) is 0.828. The number of nitrogens with zero attached hydrogens (tertiary/aromatic N) is 3. The smallest absolute Gasteiger partial charge is 0.242 e. The molecule has 0 radical (unpaired) electrons. The summed E-state index contributed by atoms with van der Waals surface area (Å²) >= 11 is 0. The maximum atomic E-state index is 12.2. The van der Waals surface area contributed by atoms with Gasteiger partial charge in [-0.1, -0.05) is 12.1 Å². The highest BCUT2D eigenvalue weighted by Gasteiger charge is 2.33. The van der Waals surface area contributed by atoms with Gasteiger partial charge in [0.1, 0.15) is 5.41 Å². The van der Waals surface area contributed by atoms with Crippen molar-refractivity contribution in [2.24, 2.45) is 5.41 Å². The van der Waals surface area contributed by atoms with Crippen molar-refractivity contribution < 1.29 is 4.79 Å². The number of rotatable bonds is 2. The highest BCUT2D eigenvalue weighted by Crippen LogP contribution is 2.21. The largest absolute Gasteiger partial charge is 0.368 e. The summed E-state index contributed by atoms with van der Waals surface area (Å²) in [6.07, 6.45) is 0. The Hall–Kier alpha value is -2.02. The highest BCUT2D eigenvalue weighted by atomic mass is 16.2. The van der Waals surface area contributed by atoms with Gasteiger partial charge >= 0.3 is 0 Å². The van der Waals surface area contributed by atoms with E-state index in [1.165, 1.54) is 11.3 Å². The first-order chi connectivity index (χ1) is 9.44. The van der Waals surface area contributed by atoms with Crippen LogP contribution in [0.25, 0.3) is 0 Å². The summed E-state index contributed by atoms with van der Waals surface area (Å²) in [4.78, 5) is 16.3. The molecule has 1 heterocycles. The average molecular weight is 271 g/mol. The molecule has 1 aliphatic heterocycles. The minimum absolute atomic E-state index is 0.0658. The van der Waals surface area contributed by atoms with Crippen molar-refractivity contribution in [3.63, 3.8) is 0 Å². The first kappa shape index (κ1) is 14.4. The van der Waals surface area contributed by atoms with Crippen LogP contribution in [-0.2, 0) is 4.79 Å². The molecule has 4 heteroatoms. The zero-order chi connectivity index (χ0) is 14.8. The third kappa shape index (κ3) is 2.93. The fourth-order valence-corrected chi connectivity index (χ4v) is 2.44. The Balaban J connectivity index is 2.00. The number of piperazine rings is 1. The lowest BCUT2D eigenvalue weighted by molar-refractivity contribution is -0.137. The minimum atomic E-state index is -0.925. The van der Waals surface area contributed by atoms with Gasteiger partial charge in [0.05, 0.1) is 6.07 Å². The van der Waals surface area contributed by atoms with Gasteiger partial charge in [-0.3, -0.25) is 4.79 Å². The molecule has 1 saturated heterocycles. The van der Waals surface area contributed by atoms with Crippen LogP contribution in [0.3, 0.4) is 0 Å². The molecular weight excluding hydrogens is 250 g/mol. The molecule has 0 bridgehead atoms. The molecule has 1 fully saturated rings. The van der Waals surface area contributed by atoms with Gasteiger partial charge < -0.3 is 9.80 Å². The van der Waals surface area contributed by atoms with Crippen molar-refractivity contribution in [3.8, 4) is 6.07 Å². The Labute approximate surface area is 120 Å². The molecular formula is C16H21N3O. The van der Waals surface area contributed by atoms with E-state index in [-0.39, 0.29) is 5.91 Å². The van der Waals surface area contributed by atoms with Crippen molar-refractivity contribution in [1.29, 1.82) is 5.26 Å². The molecule has 2 rings (SSSR count). The van der Waals surface area contributed by atoms with Crippen molar-refractivity contribution in [3.05, 3.63) is 29.8 Å². The standard InChI is InChI=1S/C16H21N3O/c1-13-5-4-6-14(11-13)18-7-9-19(10-8-18)15(20)16(2,3)12-17/h4-6,11H,7-10H2,1-3H3. The highest BCUT2D eigenvalue weighted by molar-refractivity contribution is 5.84. The second kappa shape index (κ2) is 5.54. The van der Waals surface area contributed by atoms with E-state index in [0.717, 1.165) is 13.1 Å². The second-order valence-electron chi connectivity index (χ2n) is 5.86. The Morgan fingerprint density at radius 2 is 1.90 bits per heavy atom. The molecule has 0 atom stereocenters. The number of carbonyl (C=O) groups excluding carboxylic acids is 1. The molecule has 1 aromatic rings. The van der Waals surface area contributed by atoms with Crippen LogP contribution in [0.15, 0.2) is 24.3 Å². The number of benzene rings is 1. The summed E-state index contributed by atoms with van der Waals surface area (Å²) in [6, 6.07) is 10.5. The molecule has 0 unspecified atom stereocenters. The van der Waals surface area contributed by atoms with E-state index in [2.05, 4.69) is 42.2 Å². The third-order valence-electron chi connectivity index (χ3n) is 3.75. The normalized spacial score (nSPS) is 15.9. The Morgan fingerprint density at radius 3 is 2.45 bits per heavy atom. The maximum absolute atomic E-state index is 12.2. The van der Waals surface area contributed by atoms with Gasteiger partial charge in [-0.15, -0.1) is 0 Å². The molecule has 0 spiro atoms. The van der Waals surface area contributed by atoms with E-state index in [4.69, 9.17) is 5.26 Å². The average Bonchev–Trinajstić information content (AvgIpc) is 2.46. The summed E-state index contributed by atoms with van der Waals surface area (Å²) < 4.78 is 0. The van der Waals surface area contributed by atoms with Crippen LogP contribution in [0, 0.1) is 23.7 Å². The van der Waals surface area contributed by atoms with Crippen LogP contribution in [-0.4, -0.2) is 37.0 Å². The first-order valence-corrected chi connectivity index (χ1v) is 6.96. The Kier molecular flexibility index (Phi) is 3.99. The van der Waals surface area contributed by atoms with Crippen LogP contribution in [0.1, 0.15) is 19.4 Å². The van der Waals surface area contributed by atoms with E-state index in [0.29, 0.717) is 13.1 Å². The summed E-state index contributed by atoms with van der Waals surface area (Å²) in [6.45, 7) is 8.44. The zero-order valence-corrected chi connectivity index (χ0v) is 12.4. The molecule has 106 valence electrons. The molecule has 1 amide bonds. The number of anilines is 1. The van der Waals surface area contributed by atoms with E-state index in [1.807, 2.05) is 0 Å². The van der Waals surface area contributed by atoms with Crippen LogP contribution >= 0.6 is 0 Å². The molecule has 1 aliphatic rings. The zero-order valence-electron chi connectivity index (χ0n) is 12.4. The van der Waals surface area contributed by atoms with Gasteiger partial charge in [0.2, 0.25) is 5.91 Å². The number of nitriles is 1. The lowest BCUT2D eigenvalue weighted by Gasteiger charge is -2.38. The van der Waals surface area contributed by atoms with E-state index in [1.54, 1.807) is 18.7 Å². The molecule has 4 nitrogen and oxygen atoms in total. The van der Waals surface area contributed by atoms with E-state index >= 15 is 0 Å². The Morgan fingerprint density at radius 1 is 1.25 bits per heavy atom. The van der Waals surface area contributed by atoms with Gasteiger partial charge in [0.15, 0.2) is 0 Å². The fourth-order valence-electron chi connectivity index (χ4n) is 2.44. The summed E-state index contributed by atoms with van der Waals surface area (Å²) in [5, 5.41) is 9.05. The van der Waals surface area contributed by atoms with E-state index < -0.39 is 5.41 Å². The Bertz CT molecular complexity index is 537. The van der Waals surface area contributed by atoms with Crippen LogP contribution in [0.2, 0.25) is 0 Å². The number of aryl methyl sites for hydroxylation is 1. The predicted octanol–water partition coefficient (Wildman–Crippen LogP) is 2.19. The van der Waals surface area contributed by atoms with Gasteiger partial charge in [-0.25, -0.2) is 0 Å². The molecule has 1 aromatic carbocycles. The summed E-state index contributed by atoms with van der Waals surface area (Å²) in [5.41, 5.74) is 1.52. The lowest BCUT2D eigenvalue weighted by Crippen LogP contribution is -2.52. The third-order valence-corrected chi connectivity index (χ3v) is 3.75. The molecule has 0 aliphatic carbocycles. The number of amides is 1. The molecule has 20 heavy (non-hydrogen) atoms. The predicted molar refractivity (Wildman–Crippen MR) is 79.4 cm³/mol. The van der Waals surface area contributed by atoms with Gasteiger partial charge in [-0.2, -0.15) is 5.26 Å². The van der Waals surface area contributed by atoms with Crippen LogP contribution < -0.4 is 4.90 Å². The minimum Gasteiger partial charge on any atom is -0.368 e. The molecule has 0 aromatic heterocycles. The monoisotopic (exact) mass is 271 g/mol. The van der Waals surface area contributed by atoms with Crippen LogP contribution in [0.5, 0.6) is 0 Å². The SMILES string of the molecule is Cc1cccc(N2CCN(C(=O)C(C)(C)C#N)CC2)c1. The van der Waals surface area contributed by atoms with E-state index in [9.17, 15) is 4.79 Å². The van der Waals surface area contributed by atoms with Gasteiger partial charge in [0.25, 0.3) is 0 Å². The summed E-state index contributed by atoms with van der Waals surface area (Å²) in [5.74, 6) is -0.0658. The van der Waals surface area contributed by atoms with Crippen LogP contribution in [0.4, 0.5) is 5.69 Å². The van der Waals surface area contributed by atoms with Gasteiger partial charge in [-0.05, 0) is 38.5 Å². The number of carbonyl (C=O) groups is 1. The van der Waals surface area contributed by atoms with Crippen molar-refractivity contribution >= 4 is 11.6 Å². The maximum Gasteiger partial charge on any atom is 0.242 e. The molecule has 0 N–H and O–H groups in total. The lowest BCUT2D eigenvalue weighted by atomic mass is 9.93. The summed E-state index contributed by atoms with van der Waals surface area (Å²) in [7, 11) is 0. The number of hydrogen-bond donors (Lipinski definition) is 0.